The Kier molecular flexibility index (Phi) is 4.14. The first kappa shape index (κ1) is 15.3. The molecule has 0 spiro atoms. The summed E-state index contributed by atoms with van der Waals surface area (Å²) in [6.07, 6.45) is -0.319. The number of ether oxygens (including phenoxy) is 1. The Morgan fingerprint density at radius 3 is 2.91 bits per heavy atom. The van der Waals surface area contributed by atoms with E-state index in [1.807, 2.05) is 32.0 Å². The molecular weight excluding hydrogens is 294 g/mol. The second-order valence-corrected chi connectivity index (χ2v) is 5.69. The predicted molar refractivity (Wildman–Crippen MR) is 86.5 cm³/mol. The van der Waals surface area contributed by atoms with Crippen LogP contribution in [0.5, 0.6) is 0 Å². The van der Waals surface area contributed by atoms with Gasteiger partial charge in [0.05, 0.1) is 17.6 Å². The SMILES string of the molecule is Cc1ccc2nc(C)cc(C(=O)NCCN3CCOC3=O)c2c1. The Labute approximate surface area is 134 Å². The van der Waals surface area contributed by atoms with Crippen molar-refractivity contribution in [2.24, 2.45) is 0 Å². The number of nitrogens with zero attached hydrogens (tertiary/aromatic N) is 2. The van der Waals surface area contributed by atoms with Crippen molar-refractivity contribution in [1.29, 1.82) is 0 Å². The number of hydrogen-bond acceptors (Lipinski definition) is 4. The summed E-state index contributed by atoms with van der Waals surface area (Å²) in [6, 6.07) is 7.67. The molecular formula is C17H19N3O3. The summed E-state index contributed by atoms with van der Waals surface area (Å²) >= 11 is 0. The van der Waals surface area contributed by atoms with E-state index in [4.69, 9.17) is 4.74 Å². The number of amides is 2. The average molecular weight is 313 g/mol. The van der Waals surface area contributed by atoms with Crippen LogP contribution in [0, 0.1) is 13.8 Å². The molecule has 23 heavy (non-hydrogen) atoms. The zero-order valence-corrected chi connectivity index (χ0v) is 13.3. The first-order chi connectivity index (χ1) is 11.0. The van der Waals surface area contributed by atoms with Crippen molar-refractivity contribution in [3.05, 3.63) is 41.1 Å². The number of benzene rings is 1. The molecule has 2 aromatic rings. The van der Waals surface area contributed by atoms with Crippen LogP contribution in [-0.2, 0) is 4.74 Å². The van der Waals surface area contributed by atoms with Gasteiger partial charge in [0.2, 0.25) is 0 Å². The minimum atomic E-state index is -0.319. The first-order valence-electron chi connectivity index (χ1n) is 7.62. The highest BCUT2D eigenvalue weighted by molar-refractivity contribution is 6.06. The molecule has 0 radical (unpaired) electrons. The number of nitrogens with one attached hydrogen (secondary N) is 1. The van der Waals surface area contributed by atoms with Crippen LogP contribution in [0.15, 0.2) is 24.3 Å². The number of rotatable bonds is 4. The van der Waals surface area contributed by atoms with Crippen molar-refractivity contribution < 1.29 is 14.3 Å². The summed E-state index contributed by atoms with van der Waals surface area (Å²) in [4.78, 5) is 29.9. The van der Waals surface area contributed by atoms with Crippen molar-refractivity contribution in [3.63, 3.8) is 0 Å². The van der Waals surface area contributed by atoms with E-state index >= 15 is 0 Å². The molecule has 1 saturated heterocycles. The molecule has 3 rings (SSSR count). The van der Waals surface area contributed by atoms with Crippen LogP contribution in [0.1, 0.15) is 21.6 Å². The molecule has 1 aromatic heterocycles. The zero-order chi connectivity index (χ0) is 16.4. The minimum Gasteiger partial charge on any atom is -0.448 e. The van der Waals surface area contributed by atoms with Gasteiger partial charge >= 0.3 is 6.09 Å². The van der Waals surface area contributed by atoms with Gasteiger partial charge in [-0.2, -0.15) is 0 Å². The lowest BCUT2D eigenvalue weighted by Crippen LogP contribution is -2.35. The monoisotopic (exact) mass is 313 g/mol. The minimum absolute atomic E-state index is 0.154. The lowest BCUT2D eigenvalue weighted by molar-refractivity contribution is 0.0950. The average Bonchev–Trinajstić information content (AvgIpc) is 2.92. The van der Waals surface area contributed by atoms with E-state index in [0.29, 0.717) is 31.8 Å². The largest absolute Gasteiger partial charge is 0.448 e. The number of hydrogen-bond donors (Lipinski definition) is 1. The molecule has 1 aliphatic heterocycles. The topological polar surface area (TPSA) is 71.5 Å². The van der Waals surface area contributed by atoms with Gasteiger partial charge in [-0.3, -0.25) is 9.78 Å². The number of aryl methyl sites for hydroxylation is 2. The van der Waals surface area contributed by atoms with Gasteiger partial charge in [-0.05, 0) is 32.0 Å². The predicted octanol–water partition coefficient (Wildman–Crippen LogP) is 2.03. The molecule has 0 bridgehead atoms. The Morgan fingerprint density at radius 1 is 1.35 bits per heavy atom. The summed E-state index contributed by atoms with van der Waals surface area (Å²) < 4.78 is 4.86. The number of cyclic esters (lactones) is 1. The maximum absolute atomic E-state index is 12.5. The maximum Gasteiger partial charge on any atom is 0.409 e. The van der Waals surface area contributed by atoms with Crippen molar-refractivity contribution in [2.45, 2.75) is 13.8 Å². The zero-order valence-electron chi connectivity index (χ0n) is 13.3. The standard InChI is InChI=1S/C17H19N3O3/c1-11-3-4-15-13(9-11)14(10-12(2)19-15)16(21)18-5-6-20-7-8-23-17(20)22/h3-4,9-10H,5-8H2,1-2H3,(H,18,21). The molecule has 6 heteroatoms. The van der Waals surface area contributed by atoms with Gasteiger partial charge in [0.1, 0.15) is 6.61 Å². The van der Waals surface area contributed by atoms with E-state index in [9.17, 15) is 9.59 Å². The molecule has 0 aliphatic carbocycles. The normalized spacial score (nSPS) is 14.2. The molecule has 1 aromatic carbocycles. The molecule has 2 amide bonds. The summed E-state index contributed by atoms with van der Waals surface area (Å²) in [5, 5.41) is 3.71. The van der Waals surface area contributed by atoms with Gasteiger partial charge in [0, 0.05) is 24.2 Å². The van der Waals surface area contributed by atoms with E-state index in [0.717, 1.165) is 22.2 Å². The van der Waals surface area contributed by atoms with Crippen molar-refractivity contribution in [3.8, 4) is 0 Å². The van der Waals surface area contributed by atoms with Crippen molar-refractivity contribution in [1.82, 2.24) is 15.2 Å². The molecule has 1 aliphatic rings. The van der Waals surface area contributed by atoms with Crippen LogP contribution in [0.3, 0.4) is 0 Å². The third kappa shape index (κ3) is 3.26. The van der Waals surface area contributed by atoms with Gasteiger partial charge in [0.25, 0.3) is 5.91 Å². The maximum atomic E-state index is 12.5. The second kappa shape index (κ2) is 6.24. The smallest absolute Gasteiger partial charge is 0.409 e. The summed E-state index contributed by atoms with van der Waals surface area (Å²) in [6.45, 7) is 5.69. The molecule has 0 unspecified atom stereocenters. The van der Waals surface area contributed by atoms with Gasteiger partial charge in [-0.15, -0.1) is 0 Å². The van der Waals surface area contributed by atoms with E-state index < -0.39 is 0 Å². The molecule has 0 saturated carbocycles. The second-order valence-electron chi connectivity index (χ2n) is 5.69. The van der Waals surface area contributed by atoms with E-state index in [2.05, 4.69) is 10.3 Å². The van der Waals surface area contributed by atoms with Crippen LogP contribution in [0.25, 0.3) is 10.9 Å². The van der Waals surface area contributed by atoms with E-state index in [1.165, 1.54) is 0 Å². The summed E-state index contributed by atoms with van der Waals surface area (Å²) in [7, 11) is 0. The number of fused-ring (bicyclic) bond motifs is 1. The number of pyridine rings is 1. The molecule has 0 atom stereocenters. The highest BCUT2D eigenvalue weighted by atomic mass is 16.6. The molecule has 2 heterocycles. The highest BCUT2D eigenvalue weighted by Crippen LogP contribution is 2.20. The lowest BCUT2D eigenvalue weighted by atomic mass is 10.0. The lowest BCUT2D eigenvalue weighted by Gasteiger charge is -2.14. The third-order valence-corrected chi connectivity index (χ3v) is 3.85. The molecule has 1 fully saturated rings. The Hall–Kier alpha value is -2.63. The summed E-state index contributed by atoms with van der Waals surface area (Å²) in [5.41, 5.74) is 3.30. The van der Waals surface area contributed by atoms with E-state index in [-0.39, 0.29) is 12.0 Å². The number of carbonyl (C=O) groups is 2. The number of aromatic nitrogens is 1. The van der Waals surface area contributed by atoms with Gasteiger partial charge in [0.15, 0.2) is 0 Å². The fourth-order valence-corrected chi connectivity index (χ4v) is 2.69. The van der Waals surface area contributed by atoms with Crippen molar-refractivity contribution >= 4 is 22.9 Å². The molecule has 1 N–H and O–H groups in total. The fourth-order valence-electron chi connectivity index (χ4n) is 2.69. The Morgan fingerprint density at radius 2 is 2.17 bits per heavy atom. The van der Waals surface area contributed by atoms with Crippen LogP contribution in [-0.4, -0.2) is 48.1 Å². The Balaban J connectivity index is 1.75. The van der Waals surface area contributed by atoms with Gasteiger partial charge < -0.3 is 15.0 Å². The third-order valence-electron chi connectivity index (χ3n) is 3.85. The van der Waals surface area contributed by atoms with E-state index in [1.54, 1.807) is 11.0 Å². The quantitative estimate of drug-likeness (QED) is 0.937. The van der Waals surface area contributed by atoms with Crippen LogP contribution < -0.4 is 5.32 Å². The van der Waals surface area contributed by atoms with Crippen molar-refractivity contribution in [2.75, 3.05) is 26.2 Å². The summed E-state index contributed by atoms with van der Waals surface area (Å²) in [5.74, 6) is -0.154. The molecule has 6 nitrogen and oxygen atoms in total. The molecule has 120 valence electrons. The van der Waals surface area contributed by atoms with Gasteiger partial charge in [-0.25, -0.2) is 4.79 Å². The van der Waals surface area contributed by atoms with Crippen LogP contribution in [0.4, 0.5) is 4.79 Å². The van der Waals surface area contributed by atoms with Crippen LogP contribution in [0.2, 0.25) is 0 Å². The Bertz CT molecular complexity index is 773. The number of carbonyl (C=O) groups excluding carboxylic acids is 2. The van der Waals surface area contributed by atoms with Crippen LogP contribution >= 0.6 is 0 Å². The van der Waals surface area contributed by atoms with Gasteiger partial charge in [-0.1, -0.05) is 11.6 Å². The first-order valence-corrected chi connectivity index (χ1v) is 7.62. The highest BCUT2D eigenvalue weighted by Gasteiger charge is 2.21. The fraction of sp³-hybridized carbons (Fsp3) is 0.353.